The van der Waals surface area contributed by atoms with Crippen molar-refractivity contribution in [3.05, 3.63) is 11.6 Å². The summed E-state index contributed by atoms with van der Waals surface area (Å²) in [6, 6.07) is 2.24. The molecule has 3 saturated carbocycles. The predicted octanol–water partition coefficient (Wildman–Crippen LogP) is 4.16. The van der Waals surface area contributed by atoms with Crippen LogP contribution in [0, 0.1) is 39.9 Å². The van der Waals surface area contributed by atoms with E-state index < -0.39 is 5.60 Å². The highest BCUT2D eigenvalue weighted by Gasteiger charge is 2.63. The van der Waals surface area contributed by atoms with Gasteiger partial charge in [0.1, 0.15) is 0 Å². The zero-order valence-corrected chi connectivity index (χ0v) is 15.0. The fourth-order valence-electron chi connectivity index (χ4n) is 7.09. The van der Waals surface area contributed by atoms with Gasteiger partial charge in [-0.2, -0.15) is 5.26 Å². The van der Waals surface area contributed by atoms with Gasteiger partial charge in [-0.3, -0.25) is 4.79 Å². The van der Waals surface area contributed by atoms with Gasteiger partial charge in [-0.15, -0.1) is 0 Å². The number of carbonyl (C=O) groups excluding carboxylic acids is 1. The van der Waals surface area contributed by atoms with Gasteiger partial charge < -0.3 is 5.11 Å². The molecule has 4 rings (SSSR count). The highest BCUT2D eigenvalue weighted by atomic mass is 16.3. The number of nitrogens with zero attached hydrogens (tertiary/aromatic N) is 1. The molecule has 3 nitrogen and oxygen atoms in total. The van der Waals surface area contributed by atoms with E-state index >= 15 is 0 Å². The molecule has 0 heterocycles. The van der Waals surface area contributed by atoms with Crippen molar-refractivity contribution in [2.24, 2.45) is 28.6 Å². The van der Waals surface area contributed by atoms with Crippen LogP contribution in [-0.4, -0.2) is 16.5 Å². The van der Waals surface area contributed by atoms with Crippen LogP contribution >= 0.6 is 0 Å². The first-order valence-electron chi connectivity index (χ1n) is 9.67. The number of allylic oxidation sites excluding steroid dienone is 1. The first-order valence-corrected chi connectivity index (χ1v) is 9.67. The molecule has 0 aromatic heterocycles. The largest absolute Gasteiger partial charge is 0.388 e. The minimum absolute atomic E-state index is 0.105. The number of hydrogen-bond donors (Lipinski definition) is 1. The van der Waals surface area contributed by atoms with Crippen LogP contribution in [0.15, 0.2) is 11.6 Å². The molecule has 0 amide bonds. The topological polar surface area (TPSA) is 61.1 Å². The Kier molecular flexibility index (Phi) is 3.52. The molecule has 0 aliphatic heterocycles. The molecule has 3 fully saturated rings. The Balaban J connectivity index is 1.67. The van der Waals surface area contributed by atoms with E-state index in [2.05, 4.69) is 19.9 Å². The van der Waals surface area contributed by atoms with Gasteiger partial charge in [0.15, 0.2) is 5.78 Å². The number of nitriles is 1. The van der Waals surface area contributed by atoms with Gasteiger partial charge in [0, 0.05) is 11.8 Å². The zero-order valence-electron chi connectivity index (χ0n) is 15.0. The molecule has 4 aliphatic rings. The second-order valence-electron chi connectivity index (χ2n) is 9.33. The first kappa shape index (κ1) is 16.3. The standard InChI is InChI=1S/C21H29NO2/c1-19-8-5-15(23)13-14(19)3-4-16-17(19)6-9-20(2)18(16)7-10-21(20,24)11-12-22/h13,16-18,24H,3-11H2,1-2H3/t16?,17?,18?,19-,20-,21-/m0/s1. The van der Waals surface area contributed by atoms with E-state index in [4.69, 9.17) is 0 Å². The molecule has 3 heteroatoms. The van der Waals surface area contributed by atoms with Crippen LogP contribution in [0.25, 0.3) is 0 Å². The normalized spacial score (nSPS) is 50.3. The van der Waals surface area contributed by atoms with Crippen LogP contribution in [-0.2, 0) is 4.79 Å². The van der Waals surface area contributed by atoms with Gasteiger partial charge in [0.25, 0.3) is 0 Å². The summed E-state index contributed by atoms with van der Waals surface area (Å²) in [5, 5.41) is 20.4. The molecule has 0 aromatic carbocycles. The molecule has 130 valence electrons. The third-order valence-corrected chi connectivity index (χ3v) is 8.66. The summed E-state index contributed by atoms with van der Waals surface area (Å²) < 4.78 is 0. The molecule has 4 aliphatic carbocycles. The summed E-state index contributed by atoms with van der Waals surface area (Å²) >= 11 is 0. The summed E-state index contributed by atoms with van der Waals surface area (Å²) in [7, 11) is 0. The van der Waals surface area contributed by atoms with Crippen molar-refractivity contribution < 1.29 is 9.90 Å². The van der Waals surface area contributed by atoms with E-state index in [-0.39, 0.29) is 17.3 Å². The molecule has 3 unspecified atom stereocenters. The maximum atomic E-state index is 11.9. The molecule has 1 N–H and O–H groups in total. The van der Waals surface area contributed by atoms with E-state index in [1.807, 2.05) is 6.08 Å². The number of hydrogen-bond acceptors (Lipinski definition) is 3. The Morgan fingerprint density at radius 3 is 2.67 bits per heavy atom. The molecule has 0 spiro atoms. The number of carbonyl (C=O) groups is 1. The molecular formula is C21H29NO2. The monoisotopic (exact) mass is 327 g/mol. The summed E-state index contributed by atoms with van der Waals surface area (Å²) in [6.45, 7) is 4.64. The number of ketones is 1. The van der Waals surface area contributed by atoms with Crippen LogP contribution in [0.5, 0.6) is 0 Å². The van der Waals surface area contributed by atoms with Crippen molar-refractivity contribution in [3.63, 3.8) is 0 Å². The van der Waals surface area contributed by atoms with E-state index in [1.165, 1.54) is 5.57 Å². The molecular weight excluding hydrogens is 298 g/mol. The van der Waals surface area contributed by atoms with Crippen molar-refractivity contribution in [2.45, 2.75) is 77.2 Å². The van der Waals surface area contributed by atoms with Gasteiger partial charge >= 0.3 is 0 Å². The first-order chi connectivity index (χ1) is 11.3. The maximum Gasteiger partial charge on any atom is 0.155 e. The Bertz CT molecular complexity index is 647. The Morgan fingerprint density at radius 1 is 1.17 bits per heavy atom. The quantitative estimate of drug-likeness (QED) is 0.786. The van der Waals surface area contributed by atoms with Crippen molar-refractivity contribution in [3.8, 4) is 6.07 Å². The maximum absolute atomic E-state index is 11.9. The smallest absolute Gasteiger partial charge is 0.155 e. The predicted molar refractivity (Wildman–Crippen MR) is 91.9 cm³/mol. The van der Waals surface area contributed by atoms with E-state index in [0.717, 1.165) is 44.9 Å². The third-order valence-electron chi connectivity index (χ3n) is 8.66. The zero-order chi connectivity index (χ0) is 17.2. The number of fused-ring (bicyclic) bond motifs is 5. The van der Waals surface area contributed by atoms with E-state index in [9.17, 15) is 15.2 Å². The van der Waals surface area contributed by atoms with Crippen molar-refractivity contribution in [1.29, 1.82) is 5.26 Å². The average Bonchev–Trinajstić information content (AvgIpc) is 2.80. The Hall–Kier alpha value is -1.14. The van der Waals surface area contributed by atoms with E-state index in [0.29, 0.717) is 30.0 Å². The van der Waals surface area contributed by atoms with Crippen LogP contribution < -0.4 is 0 Å². The molecule has 24 heavy (non-hydrogen) atoms. The van der Waals surface area contributed by atoms with Gasteiger partial charge in [-0.05, 0) is 74.2 Å². The lowest BCUT2D eigenvalue weighted by Crippen LogP contribution is -2.54. The van der Waals surface area contributed by atoms with Crippen LogP contribution in [0.1, 0.15) is 71.6 Å². The third kappa shape index (κ3) is 1.96. The molecule has 0 saturated heterocycles. The van der Waals surface area contributed by atoms with Crippen molar-refractivity contribution >= 4 is 5.78 Å². The average molecular weight is 327 g/mol. The fraction of sp³-hybridized carbons (Fsp3) is 0.810. The second-order valence-corrected chi connectivity index (χ2v) is 9.33. The lowest BCUT2D eigenvalue weighted by molar-refractivity contribution is -0.128. The molecule has 0 bridgehead atoms. The summed E-state index contributed by atoms with van der Waals surface area (Å²) in [5.74, 6) is 2.14. The summed E-state index contributed by atoms with van der Waals surface area (Å²) in [6.07, 6.45) is 10.1. The molecule has 0 aromatic rings. The van der Waals surface area contributed by atoms with Gasteiger partial charge in [0.2, 0.25) is 0 Å². The Labute approximate surface area is 145 Å². The SMILES string of the molecule is C[C@]12CCC(=O)C=C1CCC1C2CC[C@@]2(C)C1CC[C@]2(O)CC#N. The fourth-order valence-corrected chi connectivity index (χ4v) is 7.09. The van der Waals surface area contributed by atoms with E-state index in [1.54, 1.807) is 0 Å². The van der Waals surface area contributed by atoms with Crippen molar-refractivity contribution in [2.75, 3.05) is 0 Å². The highest BCUT2D eigenvalue weighted by Crippen LogP contribution is 2.67. The van der Waals surface area contributed by atoms with Crippen LogP contribution in [0.4, 0.5) is 0 Å². The second kappa shape index (κ2) is 5.18. The van der Waals surface area contributed by atoms with Gasteiger partial charge in [0.05, 0.1) is 18.1 Å². The lowest BCUT2D eigenvalue weighted by atomic mass is 9.46. The minimum Gasteiger partial charge on any atom is -0.388 e. The number of aliphatic hydroxyl groups is 1. The minimum atomic E-state index is -0.795. The van der Waals surface area contributed by atoms with Gasteiger partial charge in [-0.25, -0.2) is 0 Å². The van der Waals surface area contributed by atoms with Crippen molar-refractivity contribution in [1.82, 2.24) is 0 Å². The lowest BCUT2D eigenvalue weighted by Gasteiger charge is -2.59. The van der Waals surface area contributed by atoms with Crippen LogP contribution in [0.2, 0.25) is 0 Å². The van der Waals surface area contributed by atoms with Crippen LogP contribution in [0.3, 0.4) is 0 Å². The Morgan fingerprint density at radius 2 is 1.92 bits per heavy atom. The molecule has 0 radical (unpaired) electrons. The number of rotatable bonds is 1. The molecule has 6 atom stereocenters. The van der Waals surface area contributed by atoms with Gasteiger partial charge in [-0.1, -0.05) is 19.4 Å². The summed E-state index contributed by atoms with van der Waals surface area (Å²) in [4.78, 5) is 11.9. The highest BCUT2D eigenvalue weighted by molar-refractivity contribution is 5.91. The summed E-state index contributed by atoms with van der Waals surface area (Å²) in [5.41, 5.74) is 0.686.